The van der Waals surface area contributed by atoms with Gasteiger partial charge in [-0.05, 0) is 36.8 Å². The number of rotatable bonds is 9. The lowest BCUT2D eigenvalue weighted by Crippen LogP contribution is -2.35. The molecule has 0 bridgehead atoms. The molecule has 158 valence electrons. The van der Waals surface area contributed by atoms with Crippen LogP contribution in [0.25, 0.3) is 0 Å². The maximum atomic E-state index is 6.08. The van der Waals surface area contributed by atoms with Gasteiger partial charge in [-0.3, -0.25) is 0 Å². The molecule has 0 spiro atoms. The number of nitrogens with one attached hydrogen (secondary N) is 1. The van der Waals surface area contributed by atoms with Crippen LogP contribution in [0.15, 0.2) is 61.2 Å². The first-order valence-corrected chi connectivity index (χ1v) is 10.4. The average molecular weight is 445 g/mol. The molecule has 6 nitrogen and oxygen atoms in total. The molecule has 30 heavy (non-hydrogen) atoms. The smallest absolute Gasteiger partial charge is 0.173 e. The number of thiocarbonyl (C=S) groups is 1. The third-order valence-electron chi connectivity index (χ3n) is 4.65. The van der Waals surface area contributed by atoms with Crippen molar-refractivity contribution in [2.24, 2.45) is 0 Å². The average Bonchev–Trinajstić information content (AvgIpc) is 3.28. The molecule has 0 unspecified atom stereocenters. The van der Waals surface area contributed by atoms with Gasteiger partial charge in [-0.1, -0.05) is 29.8 Å². The number of aromatic nitrogens is 2. The van der Waals surface area contributed by atoms with Gasteiger partial charge in [-0.2, -0.15) is 0 Å². The molecule has 0 radical (unpaired) electrons. The molecule has 1 heterocycles. The molecule has 3 rings (SSSR count). The Labute approximate surface area is 187 Å². The quantitative estimate of drug-likeness (QED) is 0.476. The van der Waals surface area contributed by atoms with Crippen LogP contribution < -0.4 is 14.8 Å². The van der Waals surface area contributed by atoms with Crippen LogP contribution in [0.1, 0.15) is 12.0 Å². The fraction of sp³-hybridized carbons (Fsp3) is 0.273. The number of aryl methyl sites for hydroxylation is 1. The lowest BCUT2D eigenvalue weighted by atomic mass is 10.2. The zero-order valence-corrected chi connectivity index (χ0v) is 18.6. The fourth-order valence-corrected chi connectivity index (χ4v) is 3.55. The summed E-state index contributed by atoms with van der Waals surface area (Å²) in [6, 6.07) is 13.4. The van der Waals surface area contributed by atoms with Crippen molar-refractivity contribution in [3.8, 4) is 11.5 Å². The van der Waals surface area contributed by atoms with E-state index in [9.17, 15) is 0 Å². The molecule has 0 aliphatic carbocycles. The lowest BCUT2D eigenvalue weighted by molar-refractivity contribution is 0.371. The molecule has 1 aromatic heterocycles. The lowest BCUT2D eigenvalue weighted by Gasteiger charge is -2.27. The highest BCUT2D eigenvalue weighted by atomic mass is 35.5. The van der Waals surface area contributed by atoms with Gasteiger partial charge in [0.2, 0.25) is 0 Å². The van der Waals surface area contributed by atoms with Gasteiger partial charge in [-0.25, -0.2) is 4.98 Å². The fourth-order valence-electron chi connectivity index (χ4n) is 3.12. The number of halogens is 1. The molecule has 0 aliphatic rings. The first-order chi connectivity index (χ1) is 14.6. The van der Waals surface area contributed by atoms with Crippen molar-refractivity contribution in [2.75, 3.05) is 26.1 Å². The van der Waals surface area contributed by atoms with Crippen LogP contribution in [0.3, 0.4) is 0 Å². The zero-order valence-electron chi connectivity index (χ0n) is 17.0. The van der Waals surface area contributed by atoms with Crippen LogP contribution in [-0.2, 0) is 13.1 Å². The number of imidazole rings is 1. The van der Waals surface area contributed by atoms with Crippen molar-refractivity contribution in [1.82, 2.24) is 14.5 Å². The Kier molecular flexibility index (Phi) is 7.93. The molecule has 1 N–H and O–H groups in total. The van der Waals surface area contributed by atoms with Gasteiger partial charge < -0.3 is 24.3 Å². The molecular weight excluding hydrogens is 420 g/mol. The predicted molar refractivity (Wildman–Crippen MR) is 124 cm³/mol. The van der Waals surface area contributed by atoms with E-state index in [0.29, 0.717) is 22.4 Å². The molecule has 0 saturated heterocycles. The summed E-state index contributed by atoms with van der Waals surface area (Å²) in [5, 5.41) is 4.51. The first-order valence-electron chi connectivity index (χ1n) is 9.58. The van der Waals surface area contributed by atoms with E-state index in [1.54, 1.807) is 32.5 Å². The second-order valence-electron chi connectivity index (χ2n) is 6.66. The van der Waals surface area contributed by atoms with Crippen LogP contribution >= 0.6 is 23.8 Å². The van der Waals surface area contributed by atoms with E-state index in [-0.39, 0.29) is 0 Å². The summed E-state index contributed by atoms with van der Waals surface area (Å²) in [4.78, 5) is 6.22. The topological polar surface area (TPSA) is 51.5 Å². The maximum Gasteiger partial charge on any atom is 0.173 e. The number of hydrogen-bond acceptors (Lipinski definition) is 4. The molecule has 2 aromatic carbocycles. The van der Waals surface area contributed by atoms with E-state index in [1.807, 2.05) is 42.9 Å². The maximum absolute atomic E-state index is 6.08. The summed E-state index contributed by atoms with van der Waals surface area (Å²) < 4.78 is 13.0. The second-order valence-corrected chi connectivity index (χ2v) is 7.49. The van der Waals surface area contributed by atoms with E-state index in [1.165, 1.54) is 0 Å². The number of para-hydroxylation sites is 1. The van der Waals surface area contributed by atoms with Gasteiger partial charge in [0.1, 0.15) is 11.5 Å². The van der Waals surface area contributed by atoms with E-state index >= 15 is 0 Å². The largest absolute Gasteiger partial charge is 0.496 e. The van der Waals surface area contributed by atoms with Gasteiger partial charge in [-0.15, -0.1) is 0 Å². The van der Waals surface area contributed by atoms with Gasteiger partial charge in [0.25, 0.3) is 0 Å². The van der Waals surface area contributed by atoms with E-state index < -0.39 is 0 Å². The molecule has 3 aromatic rings. The summed E-state index contributed by atoms with van der Waals surface area (Å²) in [5.74, 6) is 1.48. The van der Waals surface area contributed by atoms with Gasteiger partial charge >= 0.3 is 0 Å². The highest BCUT2D eigenvalue weighted by Gasteiger charge is 2.15. The monoisotopic (exact) mass is 444 g/mol. The van der Waals surface area contributed by atoms with Crippen molar-refractivity contribution in [3.05, 3.63) is 71.8 Å². The minimum atomic E-state index is 0.604. The standard InChI is InChI=1S/C22H25ClN4O2S/c1-28-20-7-4-3-6-17(20)15-27(12-5-11-26-13-10-24-16-26)22(30)25-19-9-8-18(23)14-21(19)29-2/h3-4,6-10,13-14,16H,5,11-12,15H2,1-2H3,(H,25,30). The number of hydrogen-bond donors (Lipinski definition) is 1. The molecule has 8 heteroatoms. The molecule has 0 atom stereocenters. The minimum absolute atomic E-state index is 0.604. The highest BCUT2D eigenvalue weighted by Crippen LogP contribution is 2.28. The number of ether oxygens (including phenoxy) is 2. The number of methoxy groups -OCH3 is 2. The van der Waals surface area contributed by atoms with Crippen LogP contribution in [0.2, 0.25) is 5.02 Å². The summed E-state index contributed by atoms with van der Waals surface area (Å²) in [7, 11) is 3.29. The SMILES string of the molecule is COc1ccccc1CN(CCCn1ccnc1)C(=S)Nc1ccc(Cl)cc1OC. The summed E-state index contributed by atoms with van der Waals surface area (Å²) in [6.45, 7) is 2.24. The van der Waals surface area contributed by atoms with Crippen LogP contribution in [0, 0.1) is 0 Å². The van der Waals surface area contributed by atoms with E-state index in [2.05, 4.69) is 19.8 Å². The van der Waals surface area contributed by atoms with Crippen molar-refractivity contribution in [2.45, 2.75) is 19.5 Å². The van der Waals surface area contributed by atoms with Crippen LogP contribution in [0.5, 0.6) is 11.5 Å². The van der Waals surface area contributed by atoms with Gasteiger partial charge in [0, 0.05) is 48.7 Å². The third kappa shape index (κ3) is 5.87. The molecule has 0 saturated carbocycles. The predicted octanol–water partition coefficient (Wildman–Crippen LogP) is 4.84. The first kappa shape index (κ1) is 21.9. The summed E-state index contributed by atoms with van der Waals surface area (Å²) in [5.41, 5.74) is 1.83. The van der Waals surface area contributed by atoms with E-state index in [0.717, 1.165) is 36.5 Å². The number of nitrogens with zero attached hydrogens (tertiary/aromatic N) is 3. The number of benzene rings is 2. The van der Waals surface area contributed by atoms with Crippen molar-refractivity contribution < 1.29 is 9.47 Å². The Morgan fingerprint density at radius 3 is 2.70 bits per heavy atom. The van der Waals surface area contributed by atoms with E-state index in [4.69, 9.17) is 33.3 Å². The van der Waals surface area contributed by atoms with Crippen molar-refractivity contribution in [1.29, 1.82) is 0 Å². The van der Waals surface area contributed by atoms with Crippen LogP contribution in [0.4, 0.5) is 5.69 Å². The van der Waals surface area contributed by atoms with Crippen molar-refractivity contribution >= 4 is 34.6 Å². The molecular formula is C22H25ClN4O2S. The Morgan fingerprint density at radius 2 is 1.97 bits per heavy atom. The molecule has 0 aliphatic heterocycles. The second kappa shape index (κ2) is 10.8. The number of anilines is 1. The van der Waals surface area contributed by atoms with Crippen molar-refractivity contribution in [3.63, 3.8) is 0 Å². The normalized spacial score (nSPS) is 10.5. The summed E-state index contributed by atoms with van der Waals surface area (Å²) >= 11 is 11.8. The molecule has 0 fully saturated rings. The Hall–Kier alpha value is -2.77. The Morgan fingerprint density at radius 1 is 1.17 bits per heavy atom. The Bertz CT molecular complexity index is 966. The van der Waals surface area contributed by atoms with Gasteiger partial charge in [0.05, 0.1) is 26.2 Å². The summed E-state index contributed by atoms with van der Waals surface area (Å²) in [6.07, 6.45) is 6.47. The van der Waals surface area contributed by atoms with Gasteiger partial charge in [0.15, 0.2) is 5.11 Å². The highest BCUT2D eigenvalue weighted by molar-refractivity contribution is 7.80. The molecule has 0 amide bonds. The zero-order chi connectivity index (χ0) is 21.3. The Balaban J connectivity index is 1.75. The third-order valence-corrected chi connectivity index (χ3v) is 5.25. The minimum Gasteiger partial charge on any atom is -0.496 e. The van der Waals surface area contributed by atoms with Crippen LogP contribution in [-0.4, -0.2) is 40.3 Å².